The Morgan fingerprint density at radius 2 is 1.92 bits per heavy atom. The fourth-order valence-corrected chi connectivity index (χ4v) is 2.67. The van der Waals surface area contributed by atoms with E-state index in [0.717, 1.165) is 17.3 Å². The van der Waals surface area contributed by atoms with Gasteiger partial charge in [-0.05, 0) is 42.2 Å². The molecule has 0 unspecified atom stereocenters. The van der Waals surface area contributed by atoms with Gasteiger partial charge in [0.25, 0.3) is 0 Å². The topological polar surface area (TPSA) is 113 Å². The minimum Gasteiger partial charge on any atom is -0.715 e. The van der Waals surface area contributed by atoms with Crippen molar-refractivity contribution in [2.24, 2.45) is 5.73 Å². The van der Waals surface area contributed by atoms with Gasteiger partial charge >= 0.3 is 18.9 Å². The van der Waals surface area contributed by atoms with Gasteiger partial charge in [0.05, 0.1) is 11.3 Å². The van der Waals surface area contributed by atoms with Crippen LogP contribution in [0.3, 0.4) is 0 Å². The van der Waals surface area contributed by atoms with Crippen LogP contribution in [0.4, 0.5) is 5.69 Å². The van der Waals surface area contributed by atoms with Crippen molar-refractivity contribution in [3.63, 3.8) is 0 Å². The number of nitrogen functional groups attached to an aromatic ring is 1. The molecule has 6 heteroatoms. The molecule has 0 aliphatic carbocycles. The fourth-order valence-electron chi connectivity index (χ4n) is 2.67. The third-order valence-corrected chi connectivity index (χ3v) is 3.96. The summed E-state index contributed by atoms with van der Waals surface area (Å²) in [5.41, 5.74) is 22.8. The molecule has 2 rings (SSSR count). The number of allylic oxidation sites excluding steroid dienone is 2. The first kappa shape index (κ1) is 20.4. The van der Waals surface area contributed by atoms with Gasteiger partial charge in [-0.1, -0.05) is 12.1 Å². The van der Waals surface area contributed by atoms with Gasteiger partial charge in [-0.3, -0.25) is 4.79 Å². The number of phenols is 1. The quantitative estimate of drug-likeness (QED) is 0.333. The molecule has 0 saturated carbocycles. The van der Waals surface area contributed by atoms with Gasteiger partial charge in [-0.25, -0.2) is 12.8 Å². The number of carbonyl (C=O) groups is 1. The predicted octanol–water partition coefficient (Wildman–Crippen LogP) is 0.743. The smallest absolute Gasteiger partial charge is 0.715 e. The SMILES string of the molecule is [CH-]=C(/C=C\[NH-])c1cc(C(N)=O)c(N)c(-c2c(C)ccc(O)c2C)c1.[Li+]. The van der Waals surface area contributed by atoms with Crippen LogP contribution in [0.1, 0.15) is 27.0 Å². The number of primary amides is 1. The number of aromatic hydroxyl groups is 1. The molecule has 2 aromatic carbocycles. The zero-order chi connectivity index (χ0) is 18.0. The molecule has 0 atom stereocenters. The van der Waals surface area contributed by atoms with Gasteiger partial charge in [0.1, 0.15) is 5.75 Å². The van der Waals surface area contributed by atoms with E-state index in [1.165, 1.54) is 12.1 Å². The molecule has 0 aliphatic heterocycles. The number of hydrogen-bond donors (Lipinski definition) is 3. The molecule has 0 fully saturated rings. The van der Waals surface area contributed by atoms with Crippen LogP contribution in [0.5, 0.6) is 5.75 Å². The Labute approximate surface area is 159 Å². The van der Waals surface area contributed by atoms with E-state index in [1.807, 2.05) is 6.92 Å². The van der Waals surface area contributed by atoms with Crippen LogP contribution in [0.2, 0.25) is 0 Å². The van der Waals surface area contributed by atoms with Crippen molar-refractivity contribution in [1.29, 1.82) is 0 Å². The third-order valence-electron chi connectivity index (χ3n) is 3.96. The van der Waals surface area contributed by atoms with Crippen molar-refractivity contribution in [3.05, 3.63) is 71.1 Å². The fraction of sp³-hybridized carbons (Fsp3) is 0.105. The number of phenolic OH excluding ortho intramolecular Hbond substituents is 1. The summed E-state index contributed by atoms with van der Waals surface area (Å²) >= 11 is 0. The maximum Gasteiger partial charge on any atom is 1.00 e. The van der Waals surface area contributed by atoms with Gasteiger partial charge < -0.3 is 22.3 Å². The number of carbonyl (C=O) groups excluding carboxylic acids is 1. The van der Waals surface area contributed by atoms with Crippen molar-refractivity contribution in [2.75, 3.05) is 5.73 Å². The summed E-state index contributed by atoms with van der Waals surface area (Å²) in [7, 11) is 0. The second-order valence-corrected chi connectivity index (χ2v) is 5.54. The Morgan fingerprint density at radius 3 is 2.48 bits per heavy atom. The van der Waals surface area contributed by atoms with Gasteiger partial charge in [0.2, 0.25) is 5.91 Å². The first-order valence-electron chi connectivity index (χ1n) is 7.27. The van der Waals surface area contributed by atoms with Crippen molar-refractivity contribution >= 4 is 17.2 Å². The number of benzene rings is 2. The Hall–Kier alpha value is -2.61. The molecule has 124 valence electrons. The summed E-state index contributed by atoms with van der Waals surface area (Å²) in [6.07, 6.45) is 2.46. The van der Waals surface area contributed by atoms with E-state index < -0.39 is 5.91 Å². The van der Waals surface area contributed by atoms with Crippen molar-refractivity contribution < 1.29 is 28.8 Å². The molecule has 0 bridgehead atoms. The first-order valence-corrected chi connectivity index (χ1v) is 7.27. The summed E-state index contributed by atoms with van der Waals surface area (Å²) < 4.78 is 0. The minimum absolute atomic E-state index is 0. The molecule has 0 spiro atoms. The Kier molecular flexibility index (Phi) is 6.52. The normalized spacial score (nSPS) is 10.5. The largest absolute Gasteiger partial charge is 1.00 e. The predicted molar refractivity (Wildman–Crippen MR) is 97.1 cm³/mol. The average Bonchev–Trinajstić information content (AvgIpc) is 2.52. The second kappa shape index (κ2) is 7.97. The van der Waals surface area contributed by atoms with Crippen molar-refractivity contribution in [1.82, 2.24) is 0 Å². The standard InChI is InChI=1S/C19H19N3O2.Li/c1-10(6-7-20)13-8-14(18(21)15(9-13)19(22)24)17-11(2)4-5-16(23)12(17)3;/h1,4-9,20,23H,2-3H3,(H4,21,22,24);/q-2;+1/b7-6-;. The number of rotatable bonds is 4. The monoisotopic (exact) mass is 328 g/mol. The van der Waals surface area contributed by atoms with Gasteiger partial charge in [0, 0.05) is 0 Å². The van der Waals surface area contributed by atoms with Crippen molar-refractivity contribution in [2.45, 2.75) is 13.8 Å². The van der Waals surface area contributed by atoms with E-state index in [1.54, 1.807) is 25.1 Å². The summed E-state index contributed by atoms with van der Waals surface area (Å²) in [4.78, 5) is 11.8. The Morgan fingerprint density at radius 1 is 1.28 bits per heavy atom. The third kappa shape index (κ3) is 3.90. The minimum atomic E-state index is -0.672. The van der Waals surface area contributed by atoms with E-state index in [4.69, 9.17) is 23.8 Å². The second-order valence-electron chi connectivity index (χ2n) is 5.54. The molecule has 25 heavy (non-hydrogen) atoms. The zero-order valence-electron chi connectivity index (χ0n) is 14.6. The first-order chi connectivity index (χ1) is 11.3. The molecule has 0 saturated heterocycles. The summed E-state index contributed by atoms with van der Waals surface area (Å²) in [6.45, 7) is 9.60. The molecule has 0 aliphatic rings. The number of nitrogens with two attached hydrogens (primary N) is 2. The molecule has 0 heterocycles. The zero-order valence-corrected chi connectivity index (χ0v) is 14.6. The average molecular weight is 328 g/mol. The van der Waals surface area contributed by atoms with Crippen LogP contribution in [-0.4, -0.2) is 11.0 Å². The number of aryl methyl sites for hydroxylation is 1. The van der Waals surface area contributed by atoms with E-state index in [-0.39, 0.29) is 35.9 Å². The molecule has 0 radical (unpaired) electrons. The summed E-state index contributed by atoms with van der Waals surface area (Å²) in [5, 5.41) is 10.0. The summed E-state index contributed by atoms with van der Waals surface area (Å²) in [5.74, 6) is -0.544. The van der Waals surface area contributed by atoms with Crippen LogP contribution < -0.4 is 30.3 Å². The van der Waals surface area contributed by atoms with E-state index >= 15 is 0 Å². The molecular weight excluding hydrogens is 309 g/mol. The number of anilines is 1. The Balaban J connectivity index is 0.00000312. The Bertz CT molecular complexity index is 873. The molecule has 0 aromatic heterocycles. The molecule has 6 N–H and O–H groups in total. The number of hydrogen-bond acceptors (Lipinski definition) is 3. The maximum atomic E-state index is 11.8. The van der Waals surface area contributed by atoms with Crippen molar-refractivity contribution in [3.8, 4) is 16.9 Å². The van der Waals surface area contributed by atoms with Crippen LogP contribution in [-0.2, 0) is 0 Å². The van der Waals surface area contributed by atoms with Crippen LogP contribution >= 0.6 is 0 Å². The molecular formula is C19H19LiN3O2-. The van der Waals surface area contributed by atoms with E-state index in [0.29, 0.717) is 22.3 Å². The van der Waals surface area contributed by atoms with Gasteiger partial charge in [-0.2, -0.15) is 11.6 Å². The van der Waals surface area contributed by atoms with E-state index in [9.17, 15) is 9.90 Å². The molecule has 5 nitrogen and oxygen atoms in total. The van der Waals surface area contributed by atoms with Gasteiger partial charge in [-0.15, -0.1) is 11.6 Å². The maximum absolute atomic E-state index is 11.8. The van der Waals surface area contributed by atoms with Crippen LogP contribution in [0.25, 0.3) is 22.4 Å². The van der Waals surface area contributed by atoms with E-state index in [2.05, 4.69) is 0 Å². The van der Waals surface area contributed by atoms with Crippen LogP contribution in [0, 0.1) is 20.4 Å². The van der Waals surface area contributed by atoms with Gasteiger partial charge in [0.15, 0.2) is 0 Å². The molecule has 2 aromatic rings. The number of amides is 1. The molecule has 1 amide bonds. The summed E-state index contributed by atoms with van der Waals surface area (Å²) in [6, 6.07) is 6.60. The van der Waals surface area contributed by atoms with Crippen LogP contribution in [0.15, 0.2) is 36.5 Å². The number of nitrogens with one attached hydrogen (secondary N) is 1.